The van der Waals surface area contributed by atoms with Gasteiger partial charge in [-0.1, -0.05) is 0 Å². The zero-order valence-electron chi connectivity index (χ0n) is 8.88. The number of fused-ring (bicyclic) bond motifs is 5. The summed E-state index contributed by atoms with van der Waals surface area (Å²) in [5.41, 5.74) is 3.90. The molecule has 0 saturated heterocycles. The maximum absolute atomic E-state index is 5.53. The normalized spacial score (nSPS) is 17.8. The topological polar surface area (TPSA) is 34.2 Å². The minimum absolute atomic E-state index is 0.338. The van der Waals surface area contributed by atoms with Crippen LogP contribution in [-0.2, 0) is 12.8 Å². The molecule has 3 heteroatoms. The van der Waals surface area contributed by atoms with Crippen LogP contribution in [0.2, 0.25) is 0 Å². The molecule has 0 spiro atoms. The van der Waals surface area contributed by atoms with Crippen LogP contribution in [0.25, 0.3) is 10.9 Å². The summed E-state index contributed by atoms with van der Waals surface area (Å²) in [6.45, 7) is 0.338. The number of ether oxygens (including phenoxy) is 2. The average molecular weight is 214 g/mol. The first kappa shape index (κ1) is 8.50. The molecule has 0 atom stereocenters. The second-order valence-electron chi connectivity index (χ2n) is 4.34. The van der Waals surface area contributed by atoms with E-state index in [-0.39, 0.29) is 0 Å². The maximum atomic E-state index is 5.53. The predicted octanol–water partition coefficient (Wildman–Crippen LogP) is 2.59. The molecule has 0 fully saturated rings. The summed E-state index contributed by atoms with van der Waals surface area (Å²) < 4.78 is 10.9. The summed E-state index contributed by atoms with van der Waals surface area (Å²) in [6, 6.07) is 4.14. The zero-order valence-corrected chi connectivity index (χ0v) is 8.88. The molecule has 0 amide bonds. The fraction of sp³-hybridized carbons (Fsp3) is 0.308. The SMILES string of the molecule is [CH]1CCc2[nH]c3c4c(ccc3c2C1)OCO4. The molecular formula is C13H12NO2. The van der Waals surface area contributed by atoms with Crippen LogP contribution in [-0.4, -0.2) is 11.8 Å². The third-order valence-electron chi connectivity index (χ3n) is 3.45. The van der Waals surface area contributed by atoms with Crippen molar-refractivity contribution in [1.82, 2.24) is 4.98 Å². The number of nitrogens with one attached hydrogen (secondary N) is 1. The van der Waals surface area contributed by atoms with E-state index >= 15 is 0 Å². The molecule has 2 heterocycles. The van der Waals surface area contributed by atoms with Crippen LogP contribution < -0.4 is 9.47 Å². The molecule has 1 aromatic heterocycles. The summed E-state index contributed by atoms with van der Waals surface area (Å²) in [4.78, 5) is 3.49. The van der Waals surface area contributed by atoms with Gasteiger partial charge in [0, 0.05) is 11.1 Å². The van der Waals surface area contributed by atoms with Crippen molar-refractivity contribution in [1.29, 1.82) is 0 Å². The predicted molar refractivity (Wildman–Crippen MR) is 60.7 cm³/mol. The summed E-state index contributed by atoms with van der Waals surface area (Å²) in [7, 11) is 0. The largest absolute Gasteiger partial charge is 0.454 e. The molecule has 0 unspecified atom stereocenters. The third-order valence-corrected chi connectivity index (χ3v) is 3.45. The Labute approximate surface area is 93.4 Å². The van der Waals surface area contributed by atoms with E-state index in [4.69, 9.17) is 9.47 Å². The van der Waals surface area contributed by atoms with E-state index in [0.29, 0.717) is 6.79 Å². The highest BCUT2D eigenvalue weighted by molar-refractivity contribution is 5.92. The van der Waals surface area contributed by atoms with Crippen LogP contribution in [0.5, 0.6) is 11.5 Å². The first-order valence-corrected chi connectivity index (χ1v) is 5.67. The first-order valence-electron chi connectivity index (χ1n) is 5.67. The Bertz CT molecular complexity index is 571. The van der Waals surface area contributed by atoms with Gasteiger partial charge in [0.05, 0.1) is 5.52 Å². The van der Waals surface area contributed by atoms with Gasteiger partial charge in [-0.25, -0.2) is 0 Å². The fourth-order valence-corrected chi connectivity index (χ4v) is 2.68. The molecule has 3 nitrogen and oxygen atoms in total. The van der Waals surface area contributed by atoms with E-state index < -0.39 is 0 Å². The summed E-state index contributed by atoms with van der Waals surface area (Å²) in [5, 5.41) is 1.29. The van der Waals surface area contributed by atoms with Crippen molar-refractivity contribution in [2.45, 2.75) is 19.3 Å². The lowest BCUT2D eigenvalue weighted by atomic mass is 9.96. The highest BCUT2D eigenvalue weighted by Gasteiger charge is 2.22. The van der Waals surface area contributed by atoms with Crippen LogP contribution >= 0.6 is 0 Å². The molecule has 1 radical (unpaired) electrons. The van der Waals surface area contributed by atoms with Crippen LogP contribution in [0.4, 0.5) is 0 Å². The Balaban J connectivity index is 2.06. The van der Waals surface area contributed by atoms with Crippen molar-refractivity contribution in [2.75, 3.05) is 6.79 Å². The minimum atomic E-state index is 0.338. The van der Waals surface area contributed by atoms with E-state index in [0.717, 1.165) is 29.9 Å². The molecule has 0 saturated carbocycles. The lowest BCUT2D eigenvalue weighted by Gasteiger charge is -2.09. The molecule has 1 aliphatic heterocycles. The van der Waals surface area contributed by atoms with E-state index in [1.165, 1.54) is 23.1 Å². The van der Waals surface area contributed by atoms with Crippen molar-refractivity contribution in [3.63, 3.8) is 0 Å². The summed E-state index contributed by atoms with van der Waals surface area (Å²) in [5.74, 6) is 1.74. The number of hydrogen-bond donors (Lipinski definition) is 1. The summed E-state index contributed by atoms with van der Waals surface area (Å²) >= 11 is 0. The van der Waals surface area contributed by atoms with Gasteiger partial charge in [-0.2, -0.15) is 0 Å². The number of aromatic nitrogens is 1. The van der Waals surface area contributed by atoms with Crippen molar-refractivity contribution < 1.29 is 9.47 Å². The lowest BCUT2D eigenvalue weighted by molar-refractivity contribution is 0.174. The first-order chi connectivity index (χ1) is 7.93. The number of rotatable bonds is 0. The Kier molecular flexibility index (Phi) is 1.56. The molecule has 1 aliphatic carbocycles. The lowest BCUT2D eigenvalue weighted by Crippen LogP contribution is -2.00. The number of hydrogen-bond acceptors (Lipinski definition) is 2. The number of aryl methyl sites for hydroxylation is 1. The van der Waals surface area contributed by atoms with Gasteiger partial charge in [0.25, 0.3) is 0 Å². The van der Waals surface area contributed by atoms with Gasteiger partial charge in [0.15, 0.2) is 11.5 Å². The zero-order chi connectivity index (χ0) is 10.5. The minimum Gasteiger partial charge on any atom is -0.454 e. The maximum Gasteiger partial charge on any atom is 0.231 e. The van der Waals surface area contributed by atoms with Gasteiger partial charge in [-0.15, -0.1) is 0 Å². The molecule has 16 heavy (non-hydrogen) atoms. The van der Waals surface area contributed by atoms with E-state index in [9.17, 15) is 0 Å². The Hall–Kier alpha value is -1.64. The van der Waals surface area contributed by atoms with Gasteiger partial charge in [0.1, 0.15) is 0 Å². The van der Waals surface area contributed by atoms with Crippen molar-refractivity contribution >= 4 is 10.9 Å². The fourth-order valence-electron chi connectivity index (χ4n) is 2.68. The smallest absolute Gasteiger partial charge is 0.231 e. The second kappa shape index (κ2) is 2.94. The molecule has 1 aromatic carbocycles. The Morgan fingerprint density at radius 3 is 3.19 bits per heavy atom. The molecule has 4 rings (SSSR count). The molecule has 1 N–H and O–H groups in total. The Morgan fingerprint density at radius 2 is 2.19 bits per heavy atom. The highest BCUT2D eigenvalue weighted by Crippen LogP contribution is 2.41. The highest BCUT2D eigenvalue weighted by atomic mass is 16.7. The van der Waals surface area contributed by atoms with Crippen molar-refractivity contribution in [3.05, 3.63) is 29.8 Å². The molecular weight excluding hydrogens is 202 g/mol. The van der Waals surface area contributed by atoms with Crippen LogP contribution in [0.15, 0.2) is 12.1 Å². The van der Waals surface area contributed by atoms with Crippen LogP contribution in [0.1, 0.15) is 17.7 Å². The second-order valence-corrected chi connectivity index (χ2v) is 4.34. The molecule has 2 aromatic rings. The third kappa shape index (κ3) is 0.979. The average Bonchev–Trinajstić information content (AvgIpc) is 2.92. The quantitative estimate of drug-likeness (QED) is 0.731. The number of benzene rings is 1. The van der Waals surface area contributed by atoms with Crippen LogP contribution in [0, 0.1) is 6.42 Å². The standard InChI is InChI=1S/C13H12NO2/c1-2-4-10-8(3-1)9-5-6-11-13(12(9)14-10)16-7-15-11/h1,5-6,14H,2-4,7H2. The van der Waals surface area contributed by atoms with Crippen molar-refractivity contribution in [2.24, 2.45) is 0 Å². The van der Waals surface area contributed by atoms with Gasteiger partial charge >= 0.3 is 0 Å². The van der Waals surface area contributed by atoms with Crippen molar-refractivity contribution in [3.8, 4) is 11.5 Å². The van der Waals surface area contributed by atoms with E-state index in [2.05, 4.69) is 17.5 Å². The van der Waals surface area contributed by atoms with Gasteiger partial charge in [-0.05, 0) is 43.4 Å². The molecule has 2 aliphatic rings. The van der Waals surface area contributed by atoms with Gasteiger partial charge < -0.3 is 14.5 Å². The molecule has 0 bridgehead atoms. The van der Waals surface area contributed by atoms with Gasteiger partial charge in [-0.3, -0.25) is 0 Å². The van der Waals surface area contributed by atoms with E-state index in [1.807, 2.05) is 6.07 Å². The Morgan fingerprint density at radius 1 is 1.19 bits per heavy atom. The molecule has 81 valence electrons. The number of aromatic amines is 1. The van der Waals surface area contributed by atoms with Gasteiger partial charge in [0.2, 0.25) is 6.79 Å². The van der Waals surface area contributed by atoms with E-state index in [1.54, 1.807) is 0 Å². The number of H-pyrrole nitrogens is 1. The summed E-state index contributed by atoms with van der Waals surface area (Å²) in [6.07, 6.45) is 5.69. The monoisotopic (exact) mass is 214 g/mol. The van der Waals surface area contributed by atoms with Crippen LogP contribution in [0.3, 0.4) is 0 Å².